The summed E-state index contributed by atoms with van der Waals surface area (Å²) >= 11 is 1.59. The van der Waals surface area contributed by atoms with Crippen molar-refractivity contribution in [2.75, 3.05) is 12.3 Å². The number of aryl methyl sites for hydroxylation is 2. The molecule has 0 saturated carbocycles. The number of benzene rings is 1. The Labute approximate surface area is 107 Å². The van der Waals surface area contributed by atoms with Gasteiger partial charge in [0.2, 0.25) is 0 Å². The number of aliphatic carboxylic acids is 1. The molecule has 0 fully saturated rings. The molecule has 0 heterocycles. The molecule has 0 amide bonds. The van der Waals surface area contributed by atoms with E-state index in [2.05, 4.69) is 23.5 Å². The number of hydrogen-bond acceptors (Lipinski definition) is 3. The number of carboxylic acids is 1. The Bertz CT molecular complexity index is 393. The van der Waals surface area contributed by atoms with E-state index in [0.717, 1.165) is 4.90 Å². The van der Waals surface area contributed by atoms with Crippen molar-refractivity contribution in [3.8, 4) is 0 Å². The highest BCUT2D eigenvalue weighted by atomic mass is 32.2. The molecule has 1 atom stereocenters. The van der Waals surface area contributed by atoms with Crippen molar-refractivity contribution in [1.82, 2.24) is 5.32 Å². The normalized spacial score (nSPS) is 12.4. The summed E-state index contributed by atoms with van der Waals surface area (Å²) in [6, 6.07) is 5.76. The quantitative estimate of drug-likeness (QED) is 0.765. The molecule has 0 bridgehead atoms. The van der Waals surface area contributed by atoms with Crippen LogP contribution in [0.1, 0.15) is 18.1 Å². The number of rotatable bonds is 6. The first-order valence-electron chi connectivity index (χ1n) is 5.70. The van der Waals surface area contributed by atoms with Crippen LogP contribution in [0.15, 0.2) is 23.1 Å². The van der Waals surface area contributed by atoms with Gasteiger partial charge in [-0.2, -0.15) is 0 Å². The van der Waals surface area contributed by atoms with Crippen LogP contribution >= 0.6 is 11.8 Å². The highest BCUT2D eigenvalue weighted by molar-refractivity contribution is 7.99. The topological polar surface area (TPSA) is 49.3 Å². The third kappa shape index (κ3) is 4.40. The Morgan fingerprint density at radius 3 is 2.76 bits per heavy atom. The largest absolute Gasteiger partial charge is 0.480 e. The van der Waals surface area contributed by atoms with Gasteiger partial charge in [-0.05, 0) is 32.0 Å². The molecule has 0 spiro atoms. The standard InChI is InChI=1S/C13H19NO2S/c1-4-14-11(13(15)16)8-17-12-7-9(2)5-6-10(12)3/h5-7,11,14H,4,8H2,1-3H3,(H,15,16). The van der Waals surface area contributed by atoms with E-state index in [0.29, 0.717) is 12.3 Å². The highest BCUT2D eigenvalue weighted by Crippen LogP contribution is 2.24. The van der Waals surface area contributed by atoms with Gasteiger partial charge in [0, 0.05) is 10.6 Å². The first-order chi connectivity index (χ1) is 8.04. The van der Waals surface area contributed by atoms with Gasteiger partial charge < -0.3 is 10.4 Å². The van der Waals surface area contributed by atoms with Crippen molar-refractivity contribution in [2.45, 2.75) is 31.7 Å². The fraction of sp³-hybridized carbons (Fsp3) is 0.462. The molecule has 94 valence electrons. The molecule has 0 radical (unpaired) electrons. The molecular weight excluding hydrogens is 234 g/mol. The molecule has 1 aromatic carbocycles. The van der Waals surface area contributed by atoms with Gasteiger partial charge in [0.15, 0.2) is 0 Å². The van der Waals surface area contributed by atoms with Crippen LogP contribution in [0.25, 0.3) is 0 Å². The van der Waals surface area contributed by atoms with Crippen molar-refractivity contribution < 1.29 is 9.90 Å². The van der Waals surface area contributed by atoms with Crippen LogP contribution in [-0.2, 0) is 4.79 Å². The van der Waals surface area contributed by atoms with Crippen LogP contribution in [0.2, 0.25) is 0 Å². The maximum atomic E-state index is 11.0. The van der Waals surface area contributed by atoms with Crippen LogP contribution in [-0.4, -0.2) is 29.4 Å². The monoisotopic (exact) mass is 253 g/mol. The van der Waals surface area contributed by atoms with Gasteiger partial charge in [0.25, 0.3) is 0 Å². The Morgan fingerprint density at radius 1 is 1.47 bits per heavy atom. The Hall–Kier alpha value is -1.00. The average Bonchev–Trinajstić information content (AvgIpc) is 2.28. The summed E-state index contributed by atoms with van der Waals surface area (Å²) in [5.41, 5.74) is 2.40. The van der Waals surface area contributed by atoms with Crippen LogP contribution in [0.5, 0.6) is 0 Å². The first kappa shape index (κ1) is 14.1. The summed E-state index contributed by atoms with van der Waals surface area (Å²) in [6.45, 7) is 6.68. The van der Waals surface area contributed by atoms with E-state index in [1.807, 2.05) is 20.8 Å². The Kier molecular flexibility index (Phi) is 5.51. The summed E-state index contributed by atoms with van der Waals surface area (Å²) < 4.78 is 0. The minimum Gasteiger partial charge on any atom is -0.480 e. The van der Waals surface area contributed by atoms with Crippen LogP contribution in [0.4, 0.5) is 0 Å². The minimum atomic E-state index is -0.787. The first-order valence-corrected chi connectivity index (χ1v) is 6.69. The van der Waals surface area contributed by atoms with Gasteiger partial charge >= 0.3 is 5.97 Å². The number of likely N-dealkylation sites (N-methyl/N-ethyl adjacent to an activating group) is 1. The zero-order valence-corrected chi connectivity index (χ0v) is 11.3. The molecule has 0 saturated heterocycles. The van der Waals surface area contributed by atoms with E-state index in [1.165, 1.54) is 11.1 Å². The van der Waals surface area contributed by atoms with Gasteiger partial charge in [-0.3, -0.25) is 4.79 Å². The fourth-order valence-electron chi connectivity index (χ4n) is 1.50. The molecule has 0 aliphatic heterocycles. The number of hydrogen-bond donors (Lipinski definition) is 2. The van der Waals surface area contributed by atoms with Gasteiger partial charge in [0.1, 0.15) is 6.04 Å². The second kappa shape index (κ2) is 6.67. The number of carboxylic acid groups (broad SMARTS) is 1. The van der Waals surface area contributed by atoms with E-state index in [1.54, 1.807) is 11.8 Å². The van der Waals surface area contributed by atoms with E-state index in [9.17, 15) is 4.79 Å². The second-order valence-corrected chi connectivity index (χ2v) is 5.09. The summed E-state index contributed by atoms with van der Waals surface area (Å²) in [7, 11) is 0. The van der Waals surface area contributed by atoms with Crippen molar-refractivity contribution in [3.05, 3.63) is 29.3 Å². The third-order valence-electron chi connectivity index (χ3n) is 2.50. The van der Waals surface area contributed by atoms with Crippen LogP contribution in [0, 0.1) is 13.8 Å². The minimum absolute atomic E-state index is 0.482. The summed E-state index contributed by atoms with van der Waals surface area (Å²) in [6.07, 6.45) is 0. The molecule has 0 aliphatic rings. The van der Waals surface area contributed by atoms with Crippen molar-refractivity contribution in [1.29, 1.82) is 0 Å². The maximum Gasteiger partial charge on any atom is 0.321 e. The van der Waals surface area contributed by atoms with Crippen LogP contribution in [0.3, 0.4) is 0 Å². The third-order valence-corrected chi connectivity index (χ3v) is 3.75. The van der Waals surface area contributed by atoms with E-state index in [-0.39, 0.29) is 0 Å². The molecular formula is C13H19NO2S. The number of thioether (sulfide) groups is 1. The molecule has 17 heavy (non-hydrogen) atoms. The smallest absolute Gasteiger partial charge is 0.321 e. The lowest BCUT2D eigenvalue weighted by Crippen LogP contribution is -2.38. The van der Waals surface area contributed by atoms with Crippen molar-refractivity contribution >= 4 is 17.7 Å². The summed E-state index contributed by atoms with van der Waals surface area (Å²) in [5.74, 6) is -0.238. The van der Waals surface area contributed by atoms with Crippen molar-refractivity contribution in [3.63, 3.8) is 0 Å². The van der Waals surface area contributed by atoms with Crippen LogP contribution < -0.4 is 5.32 Å². The zero-order valence-electron chi connectivity index (χ0n) is 10.5. The molecule has 1 rings (SSSR count). The Balaban J connectivity index is 2.64. The summed E-state index contributed by atoms with van der Waals surface area (Å²) in [5, 5.41) is 12.0. The van der Waals surface area contributed by atoms with E-state index in [4.69, 9.17) is 5.11 Å². The number of carbonyl (C=O) groups is 1. The zero-order chi connectivity index (χ0) is 12.8. The van der Waals surface area contributed by atoms with Gasteiger partial charge in [0.05, 0.1) is 0 Å². The lowest BCUT2D eigenvalue weighted by Gasteiger charge is -2.13. The van der Waals surface area contributed by atoms with Crippen molar-refractivity contribution in [2.24, 2.45) is 0 Å². The Morgan fingerprint density at radius 2 is 2.18 bits per heavy atom. The van der Waals surface area contributed by atoms with E-state index >= 15 is 0 Å². The van der Waals surface area contributed by atoms with E-state index < -0.39 is 12.0 Å². The highest BCUT2D eigenvalue weighted by Gasteiger charge is 2.16. The summed E-state index contributed by atoms with van der Waals surface area (Å²) in [4.78, 5) is 12.1. The predicted octanol–water partition coefficient (Wildman–Crippen LogP) is 2.46. The molecule has 2 N–H and O–H groups in total. The predicted molar refractivity (Wildman–Crippen MR) is 71.7 cm³/mol. The molecule has 0 aromatic heterocycles. The molecule has 3 nitrogen and oxygen atoms in total. The molecule has 4 heteroatoms. The van der Waals surface area contributed by atoms with Gasteiger partial charge in [-0.15, -0.1) is 11.8 Å². The molecule has 0 aliphatic carbocycles. The molecule has 1 aromatic rings. The van der Waals surface area contributed by atoms with Gasteiger partial charge in [-0.25, -0.2) is 0 Å². The van der Waals surface area contributed by atoms with Gasteiger partial charge in [-0.1, -0.05) is 24.6 Å². The average molecular weight is 253 g/mol. The number of nitrogens with one attached hydrogen (secondary N) is 1. The lowest BCUT2D eigenvalue weighted by atomic mass is 10.2. The fourth-order valence-corrected chi connectivity index (χ4v) is 2.67. The lowest BCUT2D eigenvalue weighted by molar-refractivity contribution is -0.138. The molecule has 1 unspecified atom stereocenters. The maximum absolute atomic E-state index is 11.0. The SMILES string of the molecule is CCNC(CSc1cc(C)ccc1C)C(=O)O. The second-order valence-electron chi connectivity index (χ2n) is 4.03.